The van der Waals surface area contributed by atoms with Crippen molar-refractivity contribution in [2.24, 2.45) is 0 Å². The summed E-state index contributed by atoms with van der Waals surface area (Å²) in [5, 5.41) is 14.1. The van der Waals surface area contributed by atoms with Crippen LogP contribution in [0, 0.1) is 11.3 Å². The summed E-state index contributed by atoms with van der Waals surface area (Å²) in [4.78, 5) is 11.6. The minimum atomic E-state index is -3.01. The van der Waals surface area contributed by atoms with E-state index in [9.17, 15) is 13.2 Å². The molecule has 7 heteroatoms. The highest BCUT2D eigenvalue weighted by Crippen LogP contribution is 2.05. The predicted octanol–water partition coefficient (Wildman–Crippen LogP) is -0.819. The van der Waals surface area contributed by atoms with Gasteiger partial charge in [-0.15, -0.1) is 0 Å². The first kappa shape index (κ1) is 13.9. The fourth-order valence-electron chi connectivity index (χ4n) is 1.74. The first-order valence-corrected chi connectivity index (χ1v) is 7.35. The van der Waals surface area contributed by atoms with E-state index in [0.29, 0.717) is 6.54 Å². The molecule has 1 amide bonds. The van der Waals surface area contributed by atoms with Crippen LogP contribution in [0.15, 0.2) is 0 Å². The van der Waals surface area contributed by atoms with Gasteiger partial charge < -0.3 is 10.6 Å². The second-order valence-electron chi connectivity index (χ2n) is 4.30. The molecule has 0 aromatic rings. The molecule has 6 nitrogen and oxygen atoms in total. The Morgan fingerprint density at radius 2 is 2.35 bits per heavy atom. The van der Waals surface area contributed by atoms with Crippen molar-refractivity contribution in [3.05, 3.63) is 0 Å². The molecule has 0 bridgehead atoms. The van der Waals surface area contributed by atoms with E-state index in [1.54, 1.807) is 6.92 Å². The Balaban J connectivity index is 2.39. The van der Waals surface area contributed by atoms with Crippen molar-refractivity contribution in [1.29, 1.82) is 5.26 Å². The van der Waals surface area contributed by atoms with Crippen LogP contribution in [0.1, 0.15) is 19.8 Å². The Morgan fingerprint density at radius 3 is 2.94 bits per heavy atom. The van der Waals surface area contributed by atoms with Gasteiger partial charge in [-0.05, 0) is 6.92 Å². The minimum Gasteiger partial charge on any atom is -0.353 e. The summed E-state index contributed by atoms with van der Waals surface area (Å²) in [6, 6.07) is 1.45. The summed E-state index contributed by atoms with van der Waals surface area (Å²) in [6.07, 6.45) is 0.386. The standard InChI is InChI=1S/C10H17N3O3S/c1-8(2-3-11)13-10(14)6-9-7-17(15,16)5-4-12-9/h8-9,12H,2,4-7H2,1H3,(H,13,14). The quantitative estimate of drug-likeness (QED) is 0.687. The number of rotatable bonds is 4. The molecule has 1 fully saturated rings. The highest BCUT2D eigenvalue weighted by atomic mass is 32.2. The maximum Gasteiger partial charge on any atom is 0.221 e. The van der Waals surface area contributed by atoms with Crippen LogP contribution in [-0.4, -0.2) is 44.5 Å². The second-order valence-corrected chi connectivity index (χ2v) is 6.53. The summed E-state index contributed by atoms with van der Waals surface area (Å²) in [5.74, 6) is -0.0782. The maximum absolute atomic E-state index is 11.6. The Bertz CT molecular complexity index is 413. The highest BCUT2D eigenvalue weighted by molar-refractivity contribution is 7.91. The Morgan fingerprint density at radius 1 is 1.65 bits per heavy atom. The van der Waals surface area contributed by atoms with Gasteiger partial charge in [-0.2, -0.15) is 5.26 Å². The van der Waals surface area contributed by atoms with Gasteiger partial charge in [0.25, 0.3) is 0 Å². The van der Waals surface area contributed by atoms with Crippen molar-refractivity contribution in [3.63, 3.8) is 0 Å². The zero-order chi connectivity index (χ0) is 12.9. The lowest BCUT2D eigenvalue weighted by Crippen LogP contribution is -2.48. The number of sulfone groups is 1. The summed E-state index contributed by atoms with van der Waals surface area (Å²) >= 11 is 0. The van der Waals surface area contributed by atoms with Gasteiger partial charge in [0.1, 0.15) is 0 Å². The lowest BCUT2D eigenvalue weighted by Gasteiger charge is -2.23. The molecule has 0 aromatic heterocycles. The summed E-state index contributed by atoms with van der Waals surface area (Å²) in [7, 11) is -3.01. The third-order valence-electron chi connectivity index (χ3n) is 2.54. The first-order chi connectivity index (χ1) is 7.93. The van der Waals surface area contributed by atoms with Gasteiger partial charge in [0.2, 0.25) is 5.91 Å². The van der Waals surface area contributed by atoms with Gasteiger partial charge >= 0.3 is 0 Å². The number of nitrogens with zero attached hydrogens (tertiary/aromatic N) is 1. The molecule has 0 spiro atoms. The van der Waals surface area contributed by atoms with Crippen molar-refractivity contribution in [2.45, 2.75) is 31.8 Å². The molecule has 96 valence electrons. The SMILES string of the molecule is CC(CC#N)NC(=O)CC1CS(=O)(=O)CCN1. The van der Waals surface area contributed by atoms with Crippen LogP contribution in [0.25, 0.3) is 0 Å². The monoisotopic (exact) mass is 259 g/mol. The number of nitriles is 1. The van der Waals surface area contributed by atoms with E-state index in [1.165, 1.54) is 0 Å². The van der Waals surface area contributed by atoms with Gasteiger partial charge in [-0.1, -0.05) is 0 Å². The number of carbonyl (C=O) groups excluding carboxylic acids is 1. The summed E-state index contributed by atoms with van der Waals surface area (Å²) < 4.78 is 22.7. The number of hydrogen-bond donors (Lipinski definition) is 2. The van der Waals surface area contributed by atoms with E-state index in [-0.39, 0.29) is 42.3 Å². The Kier molecular flexibility index (Phi) is 4.90. The molecule has 1 aliphatic heterocycles. The van der Waals surface area contributed by atoms with Crippen LogP contribution in [0.4, 0.5) is 0 Å². The van der Waals surface area contributed by atoms with Crippen LogP contribution in [0.3, 0.4) is 0 Å². The van der Waals surface area contributed by atoms with E-state index in [1.807, 2.05) is 6.07 Å². The largest absolute Gasteiger partial charge is 0.353 e. The summed E-state index contributed by atoms with van der Waals surface area (Å²) in [6.45, 7) is 2.14. The van der Waals surface area contributed by atoms with Crippen molar-refractivity contribution in [1.82, 2.24) is 10.6 Å². The zero-order valence-corrected chi connectivity index (χ0v) is 10.6. The molecule has 1 aliphatic rings. The smallest absolute Gasteiger partial charge is 0.221 e. The van der Waals surface area contributed by atoms with Crippen LogP contribution in [-0.2, 0) is 14.6 Å². The molecule has 2 atom stereocenters. The maximum atomic E-state index is 11.6. The molecular formula is C10H17N3O3S. The molecule has 1 saturated heterocycles. The predicted molar refractivity (Wildman–Crippen MR) is 62.9 cm³/mol. The fourth-order valence-corrected chi connectivity index (χ4v) is 3.19. The topological polar surface area (TPSA) is 99.1 Å². The number of amides is 1. The van der Waals surface area contributed by atoms with Crippen molar-refractivity contribution >= 4 is 15.7 Å². The van der Waals surface area contributed by atoms with Crippen LogP contribution >= 0.6 is 0 Å². The van der Waals surface area contributed by atoms with Crippen LogP contribution in [0.5, 0.6) is 0 Å². The van der Waals surface area contributed by atoms with E-state index in [2.05, 4.69) is 10.6 Å². The molecule has 0 aliphatic carbocycles. The van der Waals surface area contributed by atoms with Gasteiger partial charge in [-0.3, -0.25) is 4.79 Å². The molecule has 1 rings (SSSR count). The van der Waals surface area contributed by atoms with Gasteiger partial charge in [-0.25, -0.2) is 8.42 Å². The third-order valence-corrected chi connectivity index (χ3v) is 4.27. The fraction of sp³-hybridized carbons (Fsp3) is 0.800. The molecular weight excluding hydrogens is 242 g/mol. The summed E-state index contributed by atoms with van der Waals surface area (Å²) in [5.41, 5.74) is 0. The van der Waals surface area contributed by atoms with E-state index in [0.717, 1.165) is 0 Å². The number of carbonyl (C=O) groups is 1. The molecule has 2 unspecified atom stereocenters. The van der Waals surface area contributed by atoms with E-state index >= 15 is 0 Å². The van der Waals surface area contributed by atoms with Crippen molar-refractivity contribution < 1.29 is 13.2 Å². The van der Waals surface area contributed by atoms with Gasteiger partial charge in [0.05, 0.1) is 24.0 Å². The lowest BCUT2D eigenvalue weighted by molar-refractivity contribution is -0.122. The average molecular weight is 259 g/mol. The van der Waals surface area contributed by atoms with Crippen LogP contribution in [0.2, 0.25) is 0 Å². The molecule has 0 radical (unpaired) electrons. The number of nitrogens with one attached hydrogen (secondary N) is 2. The highest BCUT2D eigenvalue weighted by Gasteiger charge is 2.26. The molecule has 0 saturated carbocycles. The third kappa shape index (κ3) is 5.15. The Hall–Kier alpha value is -1.13. The number of hydrogen-bond acceptors (Lipinski definition) is 5. The van der Waals surface area contributed by atoms with Crippen LogP contribution < -0.4 is 10.6 Å². The molecule has 1 heterocycles. The Labute approximate surface area is 101 Å². The molecule has 0 aromatic carbocycles. The molecule has 2 N–H and O–H groups in total. The molecule has 17 heavy (non-hydrogen) atoms. The van der Waals surface area contributed by atoms with Crippen molar-refractivity contribution in [3.8, 4) is 6.07 Å². The lowest BCUT2D eigenvalue weighted by atomic mass is 10.2. The van der Waals surface area contributed by atoms with E-state index < -0.39 is 9.84 Å². The normalized spacial score (nSPS) is 24.6. The minimum absolute atomic E-state index is 0.00699. The average Bonchev–Trinajstić information content (AvgIpc) is 2.15. The zero-order valence-electron chi connectivity index (χ0n) is 9.77. The first-order valence-electron chi connectivity index (χ1n) is 5.53. The van der Waals surface area contributed by atoms with Gasteiger partial charge in [0, 0.05) is 25.0 Å². The van der Waals surface area contributed by atoms with E-state index in [4.69, 9.17) is 5.26 Å². The van der Waals surface area contributed by atoms with Gasteiger partial charge in [0.15, 0.2) is 9.84 Å². The van der Waals surface area contributed by atoms with Crippen molar-refractivity contribution in [2.75, 3.05) is 18.1 Å². The second kappa shape index (κ2) is 5.98.